The van der Waals surface area contributed by atoms with Crippen LogP contribution in [-0.2, 0) is 10.1 Å². The number of pyridine rings is 1. The lowest BCUT2D eigenvalue weighted by molar-refractivity contribution is 0.476. The normalized spacial score (nSPS) is 11.6. The molecule has 118 valence electrons. The first-order valence-electron chi connectivity index (χ1n) is 6.63. The lowest BCUT2D eigenvalue weighted by Crippen LogP contribution is -2.12. The maximum atomic E-state index is 13.7. The lowest BCUT2D eigenvalue weighted by Gasteiger charge is -2.10. The van der Waals surface area contributed by atoms with Gasteiger partial charge in [-0.05, 0) is 31.2 Å². The molecular formula is C16H11F2NO3S. The molecule has 0 N–H and O–H groups in total. The summed E-state index contributed by atoms with van der Waals surface area (Å²) in [5.74, 6) is -2.10. The van der Waals surface area contributed by atoms with Crippen molar-refractivity contribution < 1.29 is 21.4 Å². The van der Waals surface area contributed by atoms with Gasteiger partial charge in [-0.25, -0.2) is 13.8 Å². The second-order valence-corrected chi connectivity index (χ2v) is 6.41. The van der Waals surface area contributed by atoms with Gasteiger partial charge in [0.15, 0.2) is 5.75 Å². The van der Waals surface area contributed by atoms with Gasteiger partial charge in [0.1, 0.15) is 22.0 Å². The van der Waals surface area contributed by atoms with Gasteiger partial charge >= 0.3 is 10.1 Å². The number of fused-ring (bicyclic) bond motifs is 1. The Morgan fingerprint density at radius 1 is 1.04 bits per heavy atom. The zero-order valence-electron chi connectivity index (χ0n) is 12.0. The van der Waals surface area contributed by atoms with Crippen LogP contribution in [0.3, 0.4) is 0 Å². The molecule has 0 fully saturated rings. The van der Waals surface area contributed by atoms with Crippen LogP contribution in [-0.4, -0.2) is 13.4 Å². The second-order valence-electron chi connectivity index (χ2n) is 4.89. The second kappa shape index (κ2) is 5.58. The predicted molar refractivity (Wildman–Crippen MR) is 80.7 cm³/mol. The van der Waals surface area contributed by atoms with Gasteiger partial charge < -0.3 is 4.18 Å². The maximum Gasteiger partial charge on any atom is 0.342 e. The van der Waals surface area contributed by atoms with Crippen molar-refractivity contribution >= 4 is 21.0 Å². The number of halogens is 2. The first-order valence-corrected chi connectivity index (χ1v) is 8.03. The van der Waals surface area contributed by atoms with Gasteiger partial charge in [0.2, 0.25) is 0 Å². The monoisotopic (exact) mass is 335 g/mol. The van der Waals surface area contributed by atoms with E-state index in [2.05, 4.69) is 4.98 Å². The topological polar surface area (TPSA) is 56.3 Å². The van der Waals surface area contributed by atoms with E-state index >= 15 is 0 Å². The molecular weight excluding hydrogens is 324 g/mol. The summed E-state index contributed by atoms with van der Waals surface area (Å²) in [5, 5.41) is 0.683. The predicted octanol–water partition coefficient (Wildman–Crippen LogP) is 3.59. The van der Waals surface area contributed by atoms with E-state index in [-0.39, 0.29) is 5.75 Å². The summed E-state index contributed by atoms with van der Waals surface area (Å²) >= 11 is 0. The Labute approximate surface area is 131 Å². The van der Waals surface area contributed by atoms with Crippen LogP contribution >= 0.6 is 0 Å². The smallest absolute Gasteiger partial charge is 0.342 e. The molecule has 4 nitrogen and oxygen atoms in total. The maximum absolute atomic E-state index is 13.7. The van der Waals surface area contributed by atoms with Gasteiger partial charge in [-0.3, -0.25) is 0 Å². The third kappa shape index (κ3) is 3.00. The van der Waals surface area contributed by atoms with Gasteiger partial charge in [0.25, 0.3) is 0 Å². The van der Waals surface area contributed by atoms with Gasteiger partial charge in [-0.1, -0.05) is 18.2 Å². The Morgan fingerprint density at radius 3 is 2.57 bits per heavy atom. The highest BCUT2D eigenvalue weighted by Crippen LogP contribution is 2.28. The lowest BCUT2D eigenvalue weighted by atomic mass is 10.2. The number of rotatable bonds is 3. The minimum atomic E-state index is -4.45. The zero-order valence-corrected chi connectivity index (χ0v) is 12.8. The fraction of sp³-hybridized carbons (Fsp3) is 0.0625. The van der Waals surface area contributed by atoms with Crippen LogP contribution in [0.5, 0.6) is 5.75 Å². The Balaban J connectivity index is 2.09. The SMILES string of the molecule is Cc1ccc2cccc(OS(=O)(=O)c3ccc(F)cc3F)c2n1. The van der Waals surface area contributed by atoms with Crippen molar-refractivity contribution in [3.8, 4) is 5.75 Å². The van der Waals surface area contributed by atoms with E-state index in [1.807, 2.05) is 0 Å². The third-order valence-corrected chi connectivity index (χ3v) is 4.45. The summed E-state index contributed by atoms with van der Waals surface area (Å²) in [7, 11) is -4.45. The molecule has 0 aliphatic carbocycles. The van der Waals surface area contributed by atoms with Crippen molar-refractivity contribution in [1.29, 1.82) is 0 Å². The molecule has 0 bridgehead atoms. The van der Waals surface area contributed by atoms with Crippen LogP contribution in [0.4, 0.5) is 8.78 Å². The Hall–Kier alpha value is -2.54. The third-order valence-electron chi connectivity index (χ3n) is 3.19. The van der Waals surface area contributed by atoms with Crippen LogP contribution in [0.1, 0.15) is 5.69 Å². The molecule has 0 saturated heterocycles. The van der Waals surface area contributed by atoms with Gasteiger partial charge in [0.05, 0.1) is 0 Å². The van der Waals surface area contributed by atoms with Crippen molar-refractivity contribution in [2.24, 2.45) is 0 Å². The average molecular weight is 335 g/mol. The van der Waals surface area contributed by atoms with Crippen LogP contribution in [0.2, 0.25) is 0 Å². The van der Waals surface area contributed by atoms with Crippen molar-refractivity contribution in [3.05, 3.63) is 65.9 Å². The van der Waals surface area contributed by atoms with E-state index in [0.29, 0.717) is 22.7 Å². The highest BCUT2D eigenvalue weighted by Gasteiger charge is 2.23. The molecule has 0 aliphatic heterocycles. The molecule has 0 atom stereocenters. The van der Waals surface area contributed by atoms with Crippen LogP contribution < -0.4 is 4.18 Å². The Bertz CT molecular complexity index is 1000. The quantitative estimate of drug-likeness (QED) is 0.687. The van der Waals surface area contributed by atoms with E-state index in [1.54, 1.807) is 31.2 Å². The summed E-state index contributed by atoms with van der Waals surface area (Å²) in [6, 6.07) is 10.5. The highest BCUT2D eigenvalue weighted by atomic mass is 32.2. The molecule has 0 saturated carbocycles. The summed E-state index contributed by atoms with van der Waals surface area (Å²) in [5.41, 5.74) is 1.03. The molecule has 0 unspecified atom stereocenters. The number of benzene rings is 2. The number of hydrogen-bond donors (Lipinski definition) is 0. The number of aryl methyl sites for hydroxylation is 1. The highest BCUT2D eigenvalue weighted by molar-refractivity contribution is 7.87. The van der Waals surface area contributed by atoms with Crippen LogP contribution in [0, 0.1) is 18.6 Å². The van der Waals surface area contributed by atoms with E-state index in [9.17, 15) is 17.2 Å². The van der Waals surface area contributed by atoms with E-state index in [4.69, 9.17) is 4.18 Å². The van der Waals surface area contributed by atoms with Crippen LogP contribution in [0.15, 0.2) is 53.4 Å². The summed E-state index contributed by atoms with van der Waals surface area (Å²) in [4.78, 5) is 3.51. The van der Waals surface area contributed by atoms with Crippen molar-refractivity contribution in [2.45, 2.75) is 11.8 Å². The fourth-order valence-corrected chi connectivity index (χ4v) is 3.12. The number of nitrogens with zero attached hydrogens (tertiary/aromatic N) is 1. The van der Waals surface area contributed by atoms with Crippen molar-refractivity contribution in [2.75, 3.05) is 0 Å². The first kappa shape index (κ1) is 15.4. The standard InChI is InChI=1S/C16H11F2NO3S/c1-10-5-6-11-3-2-4-14(16(11)19-10)22-23(20,21)15-8-7-12(17)9-13(15)18/h2-9H,1H3. The summed E-state index contributed by atoms with van der Waals surface area (Å²) < 4.78 is 56.2. The fourth-order valence-electron chi connectivity index (χ4n) is 2.13. The number of para-hydroxylation sites is 1. The minimum absolute atomic E-state index is 0.0186. The Morgan fingerprint density at radius 2 is 1.83 bits per heavy atom. The molecule has 7 heteroatoms. The molecule has 1 heterocycles. The molecule has 0 radical (unpaired) electrons. The summed E-state index contributed by atoms with van der Waals surface area (Å²) in [6.07, 6.45) is 0. The largest absolute Gasteiger partial charge is 0.377 e. The zero-order chi connectivity index (χ0) is 16.6. The van der Waals surface area contributed by atoms with E-state index in [1.165, 1.54) is 6.07 Å². The van der Waals surface area contributed by atoms with Gasteiger partial charge in [-0.15, -0.1) is 0 Å². The van der Waals surface area contributed by atoms with Crippen LogP contribution in [0.25, 0.3) is 10.9 Å². The van der Waals surface area contributed by atoms with Crippen molar-refractivity contribution in [1.82, 2.24) is 4.98 Å². The Kier molecular flexibility index (Phi) is 3.73. The van der Waals surface area contributed by atoms with Gasteiger partial charge in [-0.2, -0.15) is 8.42 Å². The average Bonchev–Trinajstić information content (AvgIpc) is 2.47. The molecule has 2 aromatic carbocycles. The molecule has 3 aromatic rings. The number of aromatic nitrogens is 1. The molecule has 0 amide bonds. The molecule has 23 heavy (non-hydrogen) atoms. The summed E-state index contributed by atoms with van der Waals surface area (Å²) in [6.45, 7) is 1.75. The van der Waals surface area contributed by atoms with E-state index < -0.39 is 26.6 Å². The van der Waals surface area contributed by atoms with Gasteiger partial charge in [0, 0.05) is 17.1 Å². The molecule has 0 aliphatic rings. The molecule has 1 aromatic heterocycles. The molecule has 3 rings (SSSR count). The first-order chi connectivity index (χ1) is 10.9. The van der Waals surface area contributed by atoms with E-state index in [0.717, 1.165) is 12.1 Å². The molecule has 0 spiro atoms. The van der Waals surface area contributed by atoms with Crippen molar-refractivity contribution in [3.63, 3.8) is 0 Å². The minimum Gasteiger partial charge on any atom is -0.377 e. The number of hydrogen-bond acceptors (Lipinski definition) is 4.